The van der Waals surface area contributed by atoms with E-state index in [0.29, 0.717) is 27.5 Å². The van der Waals surface area contributed by atoms with E-state index in [-0.39, 0.29) is 10.6 Å². The number of benzene rings is 2. The predicted octanol–water partition coefficient (Wildman–Crippen LogP) is 2.75. The Morgan fingerprint density at radius 1 is 1.09 bits per heavy atom. The van der Waals surface area contributed by atoms with Gasteiger partial charge >= 0.3 is 0 Å². The van der Waals surface area contributed by atoms with Crippen LogP contribution in [0.15, 0.2) is 53.4 Å². The summed E-state index contributed by atoms with van der Waals surface area (Å²) in [7, 11) is -3.73. The van der Waals surface area contributed by atoms with Crippen molar-refractivity contribution in [1.82, 2.24) is 10.2 Å². The Hall–Kier alpha value is -2.35. The fraction of sp³-hybridized carbons (Fsp3) is 0. The van der Waals surface area contributed by atoms with Crippen molar-refractivity contribution >= 4 is 21.6 Å². The number of sulfonamides is 1. The van der Waals surface area contributed by atoms with E-state index < -0.39 is 10.0 Å². The first-order valence-electron chi connectivity index (χ1n) is 6.52. The van der Waals surface area contributed by atoms with Crippen molar-refractivity contribution in [3.05, 3.63) is 53.6 Å². The molecular weight excluding hydrogens is 338 g/mol. The summed E-state index contributed by atoms with van der Waals surface area (Å²) in [5.74, 6) is 0.0779. The molecule has 1 aromatic heterocycles. The monoisotopic (exact) mass is 349 g/mol. The highest BCUT2D eigenvalue weighted by Crippen LogP contribution is 2.32. The van der Waals surface area contributed by atoms with E-state index in [0.717, 1.165) is 0 Å². The average molecular weight is 350 g/mol. The van der Waals surface area contributed by atoms with Crippen molar-refractivity contribution in [3.8, 4) is 28.3 Å². The topological polar surface area (TPSA) is 109 Å². The van der Waals surface area contributed by atoms with Gasteiger partial charge in [-0.15, -0.1) is 0 Å². The molecule has 3 aromatic rings. The van der Waals surface area contributed by atoms with Crippen molar-refractivity contribution in [1.29, 1.82) is 0 Å². The first-order chi connectivity index (χ1) is 10.8. The van der Waals surface area contributed by atoms with Crippen LogP contribution in [0, 0.1) is 0 Å². The van der Waals surface area contributed by atoms with Gasteiger partial charge in [0, 0.05) is 16.1 Å². The lowest BCUT2D eigenvalue weighted by molar-refractivity contribution is 0.477. The fourth-order valence-electron chi connectivity index (χ4n) is 2.15. The molecule has 0 aliphatic heterocycles. The minimum atomic E-state index is -3.73. The number of hydrogen-bond donors (Lipinski definition) is 3. The number of hydrogen-bond acceptors (Lipinski definition) is 4. The molecule has 0 atom stereocenters. The lowest BCUT2D eigenvalue weighted by Crippen LogP contribution is -2.11. The number of aromatic hydroxyl groups is 1. The zero-order valence-corrected chi connectivity index (χ0v) is 13.3. The number of nitrogens with two attached hydrogens (primary N) is 1. The zero-order valence-electron chi connectivity index (χ0n) is 11.7. The van der Waals surface area contributed by atoms with Gasteiger partial charge in [-0.3, -0.25) is 5.10 Å². The Morgan fingerprint density at radius 2 is 1.78 bits per heavy atom. The molecule has 0 fully saturated rings. The molecule has 0 bridgehead atoms. The second-order valence-electron chi connectivity index (χ2n) is 4.90. The van der Waals surface area contributed by atoms with Gasteiger partial charge in [0.05, 0.1) is 16.3 Å². The average Bonchev–Trinajstić information content (AvgIpc) is 2.99. The van der Waals surface area contributed by atoms with Crippen molar-refractivity contribution in [2.75, 3.05) is 0 Å². The van der Waals surface area contributed by atoms with Crippen LogP contribution in [-0.4, -0.2) is 23.7 Å². The van der Waals surface area contributed by atoms with Gasteiger partial charge in [-0.2, -0.15) is 5.10 Å². The molecular formula is C15H12ClN3O3S. The number of nitrogens with zero attached hydrogens (tertiary/aromatic N) is 1. The minimum absolute atomic E-state index is 0.0319. The molecule has 3 rings (SSSR count). The van der Waals surface area contributed by atoms with E-state index >= 15 is 0 Å². The molecule has 23 heavy (non-hydrogen) atoms. The van der Waals surface area contributed by atoms with Gasteiger partial charge in [0.2, 0.25) is 10.0 Å². The van der Waals surface area contributed by atoms with Crippen molar-refractivity contribution < 1.29 is 13.5 Å². The largest absolute Gasteiger partial charge is 0.507 e. The van der Waals surface area contributed by atoms with Crippen LogP contribution in [0.5, 0.6) is 5.75 Å². The number of aromatic nitrogens is 2. The number of primary sulfonamides is 1. The van der Waals surface area contributed by atoms with Crippen LogP contribution in [0.4, 0.5) is 0 Å². The molecule has 0 saturated heterocycles. The summed E-state index contributed by atoms with van der Waals surface area (Å²) < 4.78 is 22.5. The fourth-order valence-corrected chi connectivity index (χ4v) is 2.83. The van der Waals surface area contributed by atoms with Crippen molar-refractivity contribution in [2.24, 2.45) is 5.14 Å². The highest BCUT2D eigenvalue weighted by atomic mass is 35.5. The van der Waals surface area contributed by atoms with Crippen LogP contribution in [-0.2, 0) is 10.0 Å². The lowest BCUT2D eigenvalue weighted by atomic mass is 10.1. The van der Waals surface area contributed by atoms with E-state index in [1.54, 1.807) is 30.3 Å². The predicted molar refractivity (Wildman–Crippen MR) is 87.5 cm³/mol. The van der Waals surface area contributed by atoms with Gasteiger partial charge in [0.25, 0.3) is 0 Å². The van der Waals surface area contributed by atoms with Gasteiger partial charge in [-0.1, -0.05) is 23.7 Å². The van der Waals surface area contributed by atoms with Crippen LogP contribution in [0.3, 0.4) is 0 Å². The Kier molecular flexibility index (Phi) is 3.85. The Balaban J connectivity index is 1.97. The smallest absolute Gasteiger partial charge is 0.238 e. The summed E-state index contributed by atoms with van der Waals surface area (Å²) in [6, 6.07) is 12.5. The second-order valence-corrected chi connectivity index (χ2v) is 6.90. The molecule has 0 amide bonds. The summed E-state index contributed by atoms with van der Waals surface area (Å²) in [4.78, 5) is 0.0319. The highest BCUT2D eigenvalue weighted by molar-refractivity contribution is 7.89. The standard InChI is InChI=1S/C15H12ClN3O3S/c16-10-3-6-15(20)12(7-10)14-8-13(18-19-14)9-1-4-11(5-2-9)23(17,21)22/h1-8,20H,(H,18,19)(H2,17,21,22). The highest BCUT2D eigenvalue weighted by Gasteiger charge is 2.12. The molecule has 6 nitrogen and oxygen atoms in total. The van der Waals surface area contributed by atoms with Crippen LogP contribution in [0.2, 0.25) is 5.02 Å². The number of rotatable bonds is 3. The zero-order chi connectivity index (χ0) is 16.6. The van der Waals surface area contributed by atoms with Gasteiger partial charge in [0.15, 0.2) is 0 Å². The normalized spacial score (nSPS) is 11.6. The first kappa shape index (κ1) is 15.5. The SMILES string of the molecule is NS(=O)(=O)c1ccc(-c2cc(-c3cc(Cl)ccc3O)[nH]n2)cc1. The number of phenols is 1. The van der Waals surface area contributed by atoms with E-state index in [2.05, 4.69) is 10.2 Å². The summed E-state index contributed by atoms with van der Waals surface area (Å²) >= 11 is 5.94. The van der Waals surface area contributed by atoms with Crippen LogP contribution in [0.1, 0.15) is 0 Å². The van der Waals surface area contributed by atoms with Crippen LogP contribution >= 0.6 is 11.6 Å². The van der Waals surface area contributed by atoms with Crippen molar-refractivity contribution in [3.63, 3.8) is 0 Å². The second kappa shape index (κ2) is 5.69. The van der Waals surface area contributed by atoms with Gasteiger partial charge in [-0.25, -0.2) is 13.6 Å². The van der Waals surface area contributed by atoms with Gasteiger partial charge in [0.1, 0.15) is 5.75 Å². The number of phenolic OH excluding ortho intramolecular Hbond substituents is 1. The maximum absolute atomic E-state index is 11.3. The third-order valence-electron chi connectivity index (χ3n) is 3.31. The summed E-state index contributed by atoms with van der Waals surface area (Å²) in [6.07, 6.45) is 0. The first-order valence-corrected chi connectivity index (χ1v) is 8.44. The Bertz CT molecular complexity index is 966. The van der Waals surface area contributed by atoms with Crippen LogP contribution < -0.4 is 5.14 Å². The maximum Gasteiger partial charge on any atom is 0.238 e. The van der Waals surface area contributed by atoms with E-state index in [9.17, 15) is 13.5 Å². The summed E-state index contributed by atoms with van der Waals surface area (Å²) in [5.41, 5.74) is 2.43. The van der Waals surface area contributed by atoms with E-state index in [4.69, 9.17) is 16.7 Å². The molecule has 0 aliphatic carbocycles. The molecule has 118 valence electrons. The summed E-state index contributed by atoms with van der Waals surface area (Å²) in [6.45, 7) is 0. The number of nitrogens with one attached hydrogen (secondary N) is 1. The van der Waals surface area contributed by atoms with Crippen molar-refractivity contribution in [2.45, 2.75) is 4.90 Å². The Morgan fingerprint density at radius 3 is 2.43 bits per heavy atom. The molecule has 2 aromatic carbocycles. The molecule has 0 saturated carbocycles. The number of halogens is 1. The maximum atomic E-state index is 11.3. The molecule has 8 heteroatoms. The minimum Gasteiger partial charge on any atom is -0.507 e. The number of H-pyrrole nitrogens is 1. The third kappa shape index (κ3) is 3.21. The van der Waals surface area contributed by atoms with Gasteiger partial charge in [-0.05, 0) is 36.4 Å². The van der Waals surface area contributed by atoms with Gasteiger partial charge < -0.3 is 5.11 Å². The number of aromatic amines is 1. The lowest BCUT2D eigenvalue weighted by Gasteiger charge is -2.01. The third-order valence-corrected chi connectivity index (χ3v) is 4.47. The van der Waals surface area contributed by atoms with E-state index in [1.807, 2.05) is 0 Å². The molecule has 4 N–H and O–H groups in total. The van der Waals surface area contributed by atoms with Crippen LogP contribution in [0.25, 0.3) is 22.5 Å². The summed E-state index contributed by atoms with van der Waals surface area (Å²) in [5, 5.41) is 22.5. The molecule has 1 heterocycles. The molecule has 0 radical (unpaired) electrons. The molecule has 0 aliphatic rings. The quantitative estimate of drug-likeness (QED) is 0.675. The van der Waals surface area contributed by atoms with E-state index in [1.165, 1.54) is 18.2 Å². The molecule has 0 spiro atoms. The molecule has 0 unspecified atom stereocenters. The Labute approximate surface area is 137 Å².